The van der Waals surface area contributed by atoms with Crippen LogP contribution in [0.5, 0.6) is 0 Å². The molecule has 1 aliphatic rings. The lowest BCUT2D eigenvalue weighted by molar-refractivity contribution is -0.122. The van der Waals surface area contributed by atoms with Crippen LogP contribution in [0.4, 0.5) is 5.69 Å². The number of carbonyl (C=O) groups excluding carboxylic acids is 1. The maximum absolute atomic E-state index is 12.1. The van der Waals surface area contributed by atoms with Crippen LogP contribution >= 0.6 is 24.8 Å². The van der Waals surface area contributed by atoms with E-state index in [2.05, 4.69) is 10.2 Å². The number of morpholine rings is 1. The molecule has 0 spiro atoms. The molecule has 2 rings (SSSR count). The summed E-state index contributed by atoms with van der Waals surface area (Å²) in [5, 5.41) is 2.93. The summed E-state index contributed by atoms with van der Waals surface area (Å²) in [5.74, 6) is 0.0161. The van der Waals surface area contributed by atoms with Crippen LogP contribution in [0.25, 0.3) is 0 Å². The summed E-state index contributed by atoms with van der Waals surface area (Å²) in [6.45, 7) is 5.44. The molecule has 1 aliphatic heterocycles. The largest absolute Gasteiger partial charge is 0.379 e. The first-order valence-electron chi connectivity index (χ1n) is 6.62. The Morgan fingerprint density at radius 1 is 1.29 bits per heavy atom. The van der Waals surface area contributed by atoms with Crippen LogP contribution < -0.4 is 11.1 Å². The standard InChI is InChI=1S/C14H21N3O2.2ClH/c1-11(17-6-8-19-9-7-17)14(18)16-13-4-2-12(10-15)3-5-13;;/h2-5,11H,6-10,15H2,1H3,(H,16,18);2*1H. The van der Waals surface area contributed by atoms with E-state index < -0.39 is 0 Å². The lowest BCUT2D eigenvalue weighted by atomic mass is 10.2. The highest BCUT2D eigenvalue weighted by atomic mass is 35.5. The van der Waals surface area contributed by atoms with E-state index in [0.29, 0.717) is 19.8 Å². The number of anilines is 1. The van der Waals surface area contributed by atoms with Crippen molar-refractivity contribution in [2.24, 2.45) is 5.73 Å². The van der Waals surface area contributed by atoms with Crippen molar-refractivity contribution in [1.82, 2.24) is 4.90 Å². The van der Waals surface area contributed by atoms with Gasteiger partial charge >= 0.3 is 0 Å². The van der Waals surface area contributed by atoms with Gasteiger partial charge in [0.2, 0.25) is 5.91 Å². The number of nitrogens with one attached hydrogen (secondary N) is 1. The van der Waals surface area contributed by atoms with Gasteiger partial charge in [0.15, 0.2) is 0 Å². The summed E-state index contributed by atoms with van der Waals surface area (Å²) in [4.78, 5) is 14.3. The zero-order valence-electron chi connectivity index (χ0n) is 12.1. The molecular formula is C14H23Cl2N3O2. The number of halogens is 2. The highest BCUT2D eigenvalue weighted by Crippen LogP contribution is 2.11. The van der Waals surface area contributed by atoms with Crippen LogP contribution in [0.15, 0.2) is 24.3 Å². The van der Waals surface area contributed by atoms with Gasteiger partial charge in [-0.05, 0) is 24.6 Å². The molecule has 1 aromatic rings. The molecule has 1 saturated heterocycles. The van der Waals surface area contributed by atoms with E-state index in [9.17, 15) is 4.79 Å². The molecule has 0 radical (unpaired) electrons. The Hall–Kier alpha value is -0.850. The van der Waals surface area contributed by atoms with Crippen molar-refractivity contribution in [1.29, 1.82) is 0 Å². The predicted octanol–water partition coefficient (Wildman–Crippen LogP) is 1.65. The molecule has 21 heavy (non-hydrogen) atoms. The number of nitrogens with zero attached hydrogens (tertiary/aromatic N) is 1. The van der Waals surface area contributed by atoms with Gasteiger partial charge in [0.1, 0.15) is 0 Å². The number of rotatable bonds is 4. The van der Waals surface area contributed by atoms with E-state index in [1.807, 2.05) is 31.2 Å². The molecule has 0 bridgehead atoms. The minimum Gasteiger partial charge on any atom is -0.379 e. The summed E-state index contributed by atoms with van der Waals surface area (Å²) >= 11 is 0. The van der Waals surface area contributed by atoms with Crippen molar-refractivity contribution >= 4 is 36.4 Å². The molecule has 120 valence electrons. The molecular weight excluding hydrogens is 313 g/mol. The van der Waals surface area contributed by atoms with Gasteiger partial charge in [-0.2, -0.15) is 0 Å². The van der Waals surface area contributed by atoms with Gasteiger partial charge in [0, 0.05) is 25.3 Å². The van der Waals surface area contributed by atoms with Gasteiger partial charge in [0.05, 0.1) is 19.3 Å². The molecule has 0 aromatic heterocycles. The number of ether oxygens (including phenoxy) is 1. The number of amides is 1. The van der Waals surface area contributed by atoms with Gasteiger partial charge in [-0.1, -0.05) is 12.1 Å². The van der Waals surface area contributed by atoms with Crippen LogP contribution in [-0.2, 0) is 16.1 Å². The number of nitrogens with two attached hydrogens (primary N) is 1. The van der Waals surface area contributed by atoms with Crippen molar-refractivity contribution in [3.05, 3.63) is 29.8 Å². The van der Waals surface area contributed by atoms with Crippen molar-refractivity contribution in [3.8, 4) is 0 Å². The first-order chi connectivity index (χ1) is 9.20. The van der Waals surface area contributed by atoms with Gasteiger partial charge in [-0.3, -0.25) is 9.69 Å². The SMILES string of the molecule is CC(C(=O)Nc1ccc(CN)cc1)N1CCOCC1.Cl.Cl. The Morgan fingerprint density at radius 2 is 1.86 bits per heavy atom. The second kappa shape index (κ2) is 9.97. The minimum absolute atomic E-state index is 0. The molecule has 1 unspecified atom stereocenters. The fourth-order valence-electron chi connectivity index (χ4n) is 2.10. The van der Waals surface area contributed by atoms with Crippen LogP contribution in [0.2, 0.25) is 0 Å². The third-order valence-corrected chi connectivity index (χ3v) is 3.43. The highest BCUT2D eigenvalue weighted by molar-refractivity contribution is 5.94. The van der Waals surface area contributed by atoms with Crippen LogP contribution in [0.1, 0.15) is 12.5 Å². The average Bonchev–Trinajstić information content (AvgIpc) is 2.48. The number of benzene rings is 1. The van der Waals surface area contributed by atoms with Crippen molar-refractivity contribution in [2.75, 3.05) is 31.6 Å². The molecule has 5 nitrogen and oxygen atoms in total. The summed E-state index contributed by atoms with van der Waals surface area (Å²) in [6, 6.07) is 7.47. The van der Waals surface area contributed by atoms with E-state index in [-0.39, 0.29) is 36.8 Å². The molecule has 1 fully saturated rings. The van der Waals surface area contributed by atoms with Crippen LogP contribution in [-0.4, -0.2) is 43.2 Å². The maximum Gasteiger partial charge on any atom is 0.241 e. The lowest BCUT2D eigenvalue weighted by Gasteiger charge is -2.31. The Bertz CT molecular complexity index is 423. The molecule has 1 heterocycles. The molecule has 0 aliphatic carbocycles. The minimum atomic E-state index is -0.141. The number of hydrogen-bond acceptors (Lipinski definition) is 4. The van der Waals surface area contributed by atoms with Crippen molar-refractivity contribution < 1.29 is 9.53 Å². The van der Waals surface area contributed by atoms with Crippen molar-refractivity contribution in [3.63, 3.8) is 0 Å². The summed E-state index contributed by atoms with van der Waals surface area (Å²) in [7, 11) is 0. The molecule has 7 heteroatoms. The molecule has 0 saturated carbocycles. The van der Waals surface area contributed by atoms with Gasteiger partial charge < -0.3 is 15.8 Å². The Balaban J connectivity index is 0.00000200. The predicted molar refractivity (Wildman–Crippen MR) is 89.3 cm³/mol. The first kappa shape index (κ1) is 20.1. The summed E-state index contributed by atoms with van der Waals surface area (Å²) in [5.41, 5.74) is 7.40. The highest BCUT2D eigenvalue weighted by Gasteiger charge is 2.22. The van der Waals surface area contributed by atoms with Gasteiger partial charge in [-0.15, -0.1) is 24.8 Å². The normalized spacial score (nSPS) is 16.3. The maximum atomic E-state index is 12.1. The lowest BCUT2D eigenvalue weighted by Crippen LogP contribution is -2.47. The average molecular weight is 336 g/mol. The van der Waals surface area contributed by atoms with E-state index in [1.54, 1.807) is 0 Å². The fraction of sp³-hybridized carbons (Fsp3) is 0.500. The van der Waals surface area contributed by atoms with Crippen LogP contribution in [0, 0.1) is 0 Å². The van der Waals surface area contributed by atoms with Gasteiger partial charge in [-0.25, -0.2) is 0 Å². The van der Waals surface area contributed by atoms with E-state index >= 15 is 0 Å². The number of hydrogen-bond donors (Lipinski definition) is 2. The Morgan fingerprint density at radius 3 is 2.38 bits per heavy atom. The second-order valence-electron chi connectivity index (χ2n) is 4.71. The fourth-order valence-corrected chi connectivity index (χ4v) is 2.10. The monoisotopic (exact) mass is 335 g/mol. The Kier molecular flexibility index (Phi) is 9.57. The topological polar surface area (TPSA) is 67.6 Å². The molecule has 3 N–H and O–H groups in total. The third-order valence-electron chi connectivity index (χ3n) is 3.43. The Labute approximate surface area is 138 Å². The molecule has 1 amide bonds. The zero-order valence-corrected chi connectivity index (χ0v) is 13.7. The number of carbonyl (C=O) groups is 1. The zero-order chi connectivity index (χ0) is 13.7. The molecule has 1 atom stereocenters. The van der Waals surface area contributed by atoms with Crippen molar-refractivity contribution in [2.45, 2.75) is 19.5 Å². The summed E-state index contributed by atoms with van der Waals surface area (Å²) < 4.78 is 5.29. The summed E-state index contributed by atoms with van der Waals surface area (Å²) in [6.07, 6.45) is 0. The molecule has 1 aromatic carbocycles. The third kappa shape index (κ3) is 5.80. The van der Waals surface area contributed by atoms with E-state index in [1.165, 1.54) is 0 Å². The quantitative estimate of drug-likeness (QED) is 0.877. The van der Waals surface area contributed by atoms with E-state index in [0.717, 1.165) is 24.3 Å². The second-order valence-corrected chi connectivity index (χ2v) is 4.71. The van der Waals surface area contributed by atoms with Gasteiger partial charge in [0.25, 0.3) is 0 Å². The van der Waals surface area contributed by atoms with E-state index in [4.69, 9.17) is 10.5 Å². The smallest absolute Gasteiger partial charge is 0.241 e. The van der Waals surface area contributed by atoms with Crippen LogP contribution in [0.3, 0.4) is 0 Å². The first-order valence-corrected chi connectivity index (χ1v) is 6.62.